The van der Waals surface area contributed by atoms with Crippen molar-refractivity contribution in [2.24, 2.45) is 5.73 Å². The van der Waals surface area contributed by atoms with Crippen LogP contribution < -0.4 is 11.1 Å². The highest BCUT2D eigenvalue weighted by Crippen LogP contribution is 2.41. The van der Waals surface area contributed by atoms with Crippen LogP contribution in [0.1, 0.15) is 48.7 Å². The van der Waals surface area contributed by atoms with Gasteiger partial charge in [-0.25, -0.2) is 9.97 Å². The Morgan fingerprint density at radius 2 is 2.11 bits per heavy atom. The van der Waals surface area contributed by atoms with Crippen LogP contribution in [0.3, 0.4) is 0 Å². The van der Waals surface area contributed by atoms with Crippen LogP contribution in [0.4, 0.5) is 5.69 Å². The van der Waals surface area contributed by atoms with E-state index in [1.807, 2.05) is 26.0 Å². The van der Waals surface area contributed by atoms with Crippen molar-refractivity contribution in [3.8, 4) is 11.3 Å². The van der Waals surface area contributed by atoms with Gasteiger partial charge in [0.25, 0.3) is 5.91 Å². The van der Waals surface area contributed by atoms with Crippen molar-refractivity contribution < 1.29 is 9.90 Å². The number of pyridine rings is 2. The summed E-state index contributed by atoms with van der Waals surface area (Å²) in [6.07, 6.45) is 4.27. The van der Waals surface area contributed by atoms with Gasteiger partial charge in [-0.2, -0.15) is 5.10 Å². The summed E-state index contributed by atoms with van der Waals surface area (Å²) in [7, 11) is 0. The van der Waals surface area contributed by atoms with Crippen molar-refractivity contribution in [1.82, 2.24) is 20.2 Å². The third kappa shape index (κ3) is 3.12. The molecule has 0 saturated heterocycles. The van der Waals surface area contributed by atoms with Gasteiger partial charge in [0.15, 0.2) is 0 Å². The van der Waals surface area contributed by atoms with Gasteiger partial charge in [0.1, 0.15) is 5.52 Å². The second-order valence-corrected chi connectivity index (χ2v) is 7.28. The Hall–Kier alpha value is -3.00. The smallest absolute Gasteiger partial charge is 0.252 e. The number of hydrogen-bond acceptors (Lipinski definition) is 6. The van der Waals surface area contributed by atoms with Crippen molar-refractivity contribution in [2.75, 3.05) is 5.32 Å². The number of anilines is 1. The minimum absolute atomic E-state index is 0.0214. The average Bonchev–Trinajstić information content (AvgIpc) is 3.12. The number of carbonyl (C=O) groups excluding carboxylic acids is 1. The predicted octanol–water partition coefficient (Wildman–Crippen LogP) is 2.18. The number of fused-ring (bicyclic) bond motifs is 1. The lowest BCUT2D eigenvalue weighted by molar-refractivity contribution is 0.0724. The summed E-state index contributed by atoms with van der Waals surface area (Å²) in [4.78, 5) is 21.8. The Morgan fingerprint density at radius 3 is 2.70 bits per heavy atom. The first-order valence-corrected chi connectivity index (χ1v) is 9.02. The molecule has 3 heterocycles. The zero-order valence-corrected chi connectivity index (χ0v) is 15.2. The van der Waals surface area contributed by atoms with Gasteiger partial charge in [0.05, 0.1) is 40.5 Å². The number of amides is 1. The van der Waals surface area contributed by atoms with Crippen LogP contribution in [0.15, 0.2) is 24.5 Å². The third-order valence-electron chi connectivity index (χ3n) is 4.83. The average molecular weight is 366 g/mol. The topological polar surface area (TPSA) is 130 Å². The fourth-order valence-electron chi connectivity index (χ4n) is 3.49. The fraction of sp³-hybridized carbons (Fsp3) is 0.368. The summed E-state index contributed by atoms with van der Waals surface area (Å²) in [5, 5.41) is 19.8. The second-order valence-electron chi connectivity index (χ2n) is 7.28. The monoisotopic (exact) mass is 366 g/mol. The zero-order valence-electron chi connectivity index (χ0n) is 15.2. The van der Waals surface area contributed by atoms with E-state index in [0.717, 1.165) is 11.3 Å². The molecule has 3 aromatic rings. The molecule has 0 aromatic carbocycles. The van der Waals surface area contributed by atoms with Crippen molar-refractivity contribution in [1.29, 1.82) is 0 Å². The van der Waals surface area contributed by atoms with E-state index in [4.69, 9.17) is 15.7 Å². The Kier molecular flexibility index (Phi) is 4.27. The first kappa shape index (κ1) is 17.4. The van der Waals surface area contributed by atoms with Crippen molar-refractivity contribution >= 4 is 22.6 Å². The van der Waals surface area contributed by atoms with E-state index in [1.165, 1.54) is 0 Å². The Bertz CT molecular complexity index is 993. The number of rotatable bonds is 5. The third-order valence-corrected chi connectivity index (χ3v) is 4.83. The standard InChI is InChI=1S/C19H22N6O2/c1-9(2)23-18-15(19(20)27)16(10-5-12(26)6-10)25-14-4-3-13(24-17(14)18)11-7-21-22-8-11/h3-4,7-10,12,26H,5-6H2,1-2H3,(H2,20,27)(H,21,22)(H,23,25). The molecular formula is C19H22N6O2. The highest BCUT2D eigenvalue weighted by atomic mass is 16.3. The molecule has 1 aliphatic carbocycles. The van der Waals surface area contributed by atoms with Crippen LogP contribution in [-0.2, 0) is 0 Å². The highest BCUT2D eigenvalue weighted by molar-refractivity contribution is 6.07. The van der Waals surface area contributed by atoms with E-state index in [9.17, 15) is 9.90 Å². The molecule has 0 radical (unpaired) electrons. The van der Waals surface area contributed by atoms with E-state index in [0.29, 0.717) is 40.8 Å². The molecule has 8 heteroatoms. The summed E-state index contributed by atoms with van der Waals surface area (Å²) in [6, 6.07) is 3.84. The fourth-order valence-corrected chi connectivity index (χ4v) is 3.49. The van der Waals surface area contributed by atoms with Crippen molar-refractivity contribution in [3.63, 3.8) is 0 Å². The number of carbonyl (C=O) groups is 1. The number of primary amides is 1. The molecule has 1 amide bonds. The lowest BCUT2D eigenvalue weighted by atomic mass is 9.78. The molecule has 8 nitrogen and oxygen atoms in total. The lowest BCUT2D eigenvalue weighted by Gasteiger charge is -2.32. The molecular weight excluding hydrogens is 344 g/mol. The maximum Gasteiger partial charge on any atom is 0.252 e. The molecule has 1 aliphatic rings. The van der Waals surface area contributed by atoms with E-state index in [1.54, 1.807) is 12.4 Å². The summed E-state index contributed by atoms with van der Waals surface area (Å²) in [6.45, 7) is 3.98. The summed E-state index contributed by atoms with van der Waals surface area (Å²) in [5.74, 6) is -0.521. The summed E-state index contributed by atoms with van der Waals surface area (Å²) in [5.41, 5.74) is 10.2. The number of aromatic amines is 1. The summed E-state index contributed by atoms with van der Waals surface area (Å²) < 4.78 is 0. The quantitative estimate of drug-likeness (QED) is 0.547. The Labute approximate surface area is 156 Å². The number of nitrogens with one attached hydrogen (secondary N) is 2. The Morgan fingerprint density at radius 1 is 1.33 bits per heavy atom. The van der Waals surface area contributed by atoms with Gasteiger partial charge in [-0.3, -0.25) is 9.89 Å². The number of aliphatic hydroxyl groups excluding tert-OH is 1. The largest absolute Gasteiger partial charge is 0.393 e. The van der Waals surface area contributed by atoms with Gasteiger partial charge >= 0.3 is 0 Å². The maximum absolute atomic E-state index is 12.3. The number of hydrogen-bond donors (Lipinski definition) is 4. The number of nitrogens with two attached hydrogens (primary N) is 1. The van der Waals surface area contributed by atoms with E-state index in [-0.39, 0.29) is 18.1 Å². The number of nitrogens with zero attached hydrogens (tertiary/aromatic N) is 3. The van der Waals surface area contributed by atoms with Crippen LogP contribution in [0.5, 0.6) is 0 Å². The first-order chi connectivity index (χ1) is 12.9. The van der Waals surface area contributed by atoms with Crippen molar-refractivity contribution in [2.45, 2.75) is 44.8 Å². The molecule has 0 atom stereocenters. The molecule has 4 rings (SSSR count). The maximum atomic E-state index is 12.3. The zero-order chi connectivity index (χ0) is 19.1. The molecule has 1 saturated carbocycles. The van der Waals surface area contributed by atoms with Gasteiger partial charge in [-0.1, -0.05) is 0 Å². The number of aromatic nitrogens is 4. The van der Waals surface area contributed by atoms with Crippen LogP contribution in [0, 0.1) is 0 Å². The highest BCUT2D eigenvalue weighted by Gasteiger charge is 2.34. The molecule has 5 N–H and O–H groups in total. The van der Waals surface area contributed by atoms with E-state index >= 15 is 0 Å². The van der Waals surface area contributed by atoms with Gasteiger partial charge in [-0.15, -0.1) is 0 Å². The minimum atomic E-state index is -0.542. The molecule has 0 aliphatic heterocycles. The SMILES string of the molecule is CC(C)Nc1c(C(N)=O)c(C2CC(O)C2)nc2ccc(-c3cn[nH]c3)nc12. The van der Waals surface area contributed by atoms with E-state index in [2.05, 4.69) is 15.5 Å². The predicted molar refractivity (Wildman–Crippen MR) is 102 cm³/mol. The molecule has 27 heavy (non-hydrogen) atoms. The normalized spacial score (nSPS) is 19.3. The van der Waals surface area contributed by atoms with Crippen LogP contribution in [0.2, 0.25) is 0 Å². The van der Waals surface area contributed by atoms with Crippen LogP contribution >= 0.6 is 0 Å². The molecule has 0 bridgehead atoms. The van der Waals surface area contributed by atoms with Crippen molar-refractivity contribution in [3.05, 3.63) is 35.8 Å². The number of aliphatic hydroxyl groups is 1. The van der Waals surface area contributed by atoms with Gasteiger partial charge < -0.3 is 16.2 Å². The van der Waals surface area contributed by atoms with Gasteiger partial charge in [-0.05, 0) is 38.8 Å². The van der Waals surface area contributed by atoms with Crippen LogP contribution in [-0.4, -0.2) is 43.3 Å². The molecule has 1 fully saturated rings. The molecule has 0 spiro atoms. The lowest BCUT2D eigenvalue weighted by Crippen LogP contribution is -2.30. The van der Waals surface area contributed by atoms with Gasteiger partial charge in [0, 0.05) is 23.7 Å². The minimum Gasteiger partial charge on any atom is -0.393 e. The van der Waals surface area contributed by atoms with E-state index < -0.39 is 5.91 Å². The van der Waals surface area contributed by atoms with Gasteiger partial charge in [0.2, 0.25) is 0 Å². The summed E-state index contributed by atoms with van der Waals surface area (Å²) >= 11 is 0. The number of H-pyrrole nitrogens is 1. The second kappa shape index (κ2) is 6.62. The molecule has 3 aromatic heterocycles. The Balaban J connectivity index is 1.96. The molecule has 140 valence electrons. The molecule has 0 unspecified atom stereocenters. The first-order valence-electron chi connectivity index (χ1n) is 9.02. The van der Waals surface area contributed by atoms with Crippen LogP contribution in [0.25, 0.3) is 22.3 Å².